The van der Waals surface area contributed by atoms with Crippen molar-refractivity contribution in [1.29, 1.82) is 0 Å². The van der Waals surface area contributed by atoms with E-state index in [1.807, 2.05) is 0 Å². The SMILES string of the molecule is COc1ccc(NS(=O)(=O)c2csc(-c3ccc(F)cc3)n2)cc1. The van der Waals surface area contributed by atoms with Gasteiger partial charge in [0.15, 0.2) is 5.03 Å². The third kappa shape index (κ3) is 3.55. The molecule has 0 fully saturated rings. The van der Waals surface area contributed by atoms with Crippen molar-refractivity contribution in [2.75, 3.05) is 11.8 Å². The summed E-state index contributed by atoms with van der Waals surface area (Å²) in [6, 6.07) is 12.2. The molecule has 1 aromatic heterocycles. The highest BCUT2D eigenvalue weighted by Crippen LogP contribution is 2.27. The zero-order chi connectivity index (χ0) is 17.2. The third-order valence-corrected chi connectivity index (χ3v) is 5.50. The predicted octanol–water partition coefficient (Wildman–Crippen LogP) is 3.76. The number of rotatable bonds is 5. The second-order valence-electron chi connectivity index (χ2n) is 4.83. The molecule has 0 aliphatic heterocycles. The molecule has 0 atom stereocenters. The highest BCUT2D eigenvalue weighted by atomic mass is 32.2. The Bertz CT molecular complexity index is 936. The van der Waals surface area contributed by atoms with E-state index in [0.717, 1.165) is 0 Å². The van der Waals surface area contributed by atoms with Crippen molar-refractivity contribution < 1.29 is 17.5 Å². The van der Waals surface area contributed by atoms with Gasteiger partial charge in [-0.3, -0.25) is 4.72 Å². The quantitative estimate of drug-likeness (QED) is 0.748. The molecule has 0 saturated carbocycles. The molecule has 0 aliphatic rings. The highest BCUT2D eigenvalue weighted by Gasteiger charge is 2.19. The molecule has 0 amide bonds. The van der Waals surface area contributed by atoms with Crippen molar-refractivity contribution in [3.8, 4) is 16.3 Å². The minimum absolute atomic E-state index is 0.0809. The van der Waals surface area contributed by atoms with Crippen LogP contribution in [0.15, 0.2) is 58.9 Å². The van der Waals surface area contributed by atoms with E-state index >= 15 is 0 Å². The lowest BCUT2D eigenvalue weighted by molar-refractivity contribution is 0.415. The van der Waals surface area contributed by atoms with Crippen molar-refractivity contribution >= 4 is 27.0 Å². The van der Waals surface area contributed by atoms with Crippen LogP contribution in [0.1, 0.15) is 0 Å². The van der Waals surface area contributed by atoms with Crippen LogP contribution in [-0.4, -0.2) is 20.5 Å². The van der Waals surface area contributed by atoms with Crippen LogP contribution >= 0.6 is 11.3 Å². The summed E-state index contributed by atoms with van der Waals surface area (Å²) in [6.45, 7) is 0. The first-order valence-electron chi connectivity index (χ1n) is 6.86. The van der Waals surface area contributed by atoms with Crippen LogP contribution < -0.4 is 9.46 Å². The second-order valence-corrected chi connectivity index (χ2v) is 7.32. The van der Waals surface area contributed by atoms with E-state index in [-0.39, 0.29) is 10.8 Å². The molecule has 3 rings (SSSR count). The number of hydrogen-bond acceptors (Lipinski definition) is 5. The maximum atomic E-state index is 13.0. The number of methoxy groups -OCH3 is 1. The lowest BCUT2D eigenvalue weighted by atomic mass is 10.2. The van der Waals surface area contributed by atoms with Crippen LogP contribution in [0.5, 0.6) is 5.75 Å². The van der Waals surface area contributed by atoms with E-state index in [0.29, 0.717) is 22.0 Å². The number of thiazole rings is 1. The van der Waals surface area contributed by atoms with Gasteiger partial charge in [0.2, 0.25) is 0 Å². The van der Waals surface area contributed by atoms with Crippen molar-refractivity contribution in [2.45, 2.75) is 5.03 Å². The molecule has 0 bridgehead atoms. The van der Waals surface area contributed by atoms with Gasteiger partial charge in [-0.1, -0.05) is 0 Å². The summed E-state index contributed by atoms with van der Waals surface area (Å²) in [7, 11) is -2.26. The van der Waals surface area contributed by atoms with Crippen LogP contribution in [0.2, 0.25) is 0 Å². The fourth-order valence-electron chi connectivity index (χ4n) is 1.97. The van der Waals surface area contributed by atoms with Crippen LogP contribution in [0.4, 0.5) is 10.1 Å². The third-order valence-electron chi connectivity index (χ3n) is 3.19. The topological polar surface area (TPSA) is 68.3 Å². The molecule has 0 radical (unpaired) electrons. The lowest BCUT2D eigenvalue weighted by Gasteiger charge is -2.06. The molecular formula is C16H13FN2O3S2. The van der Waals surface area contributed by atoms with Crippen molar-refractivity contribution in [3.05, 3.63) is 59.7 Å². The van der Waals surface area contributed by atoms with Gasteiger partial charge >= 0.3 is 0 Å². The number of benzene rings is 2. The summed E-state index contributed by atoms with van der Waals surface area (Å²) in [5, 5.41) is 1.87. The number of halogens is 1. The van der Waals surface area contributed by atoms with E-state index in [4.69, 9.17) is 4.74 Å². The molecule has 1 heterocycles. The first-order valence-corrected chi connectivity index (χ1v) is 9.22. The lowest BCUT2D eigenvalue weighted by Crippen LogP contribution is -2.13. The van der Waals surface area contributed by atoms with Gasteiger partial charge in [0.05, 0.1) is 7.11 Å². The molecule has 0 spiro atoms. The summed E-state index contributed by atoms with van der Waals surface area (Å²) in [4.78, 5) is 4.13. The molecule has 0 unspecified atom stereocenters. The van der Waals surface area contributed by atoms with Gasteiger partial charge in [-0.15, -0.1) is 11.3 Å². The maximum absolute atomic E-state index is 13.0. The molecule has 3 aromatic rings. The van der Waals surface area contributed by atoms with E-state index in [2.05, 4.69) is 9.71 Å². The zero-order valence-electron chi connectivity index (χ0n) is 12.6. The fraction of sp³-hybridized carbons (Fsp3) is 0.0625. The van der Waals surface area contributed by atoms with Crippen LogP contribution in [0.3, 0.4) is 0 Å². The number of sulfonamides is 1. The standard InChI is InChI=1S/C16H13FN2O3S2/c1-22-14-8-6-13(7-9-14)19-24(20,21)15-10-23-16(18-15)11-2-4-12(17)5-3-11/h2-10,19H,1H3. The Kier molecular flexibility index (Phi) is 4.50. The Morgan fingerprint density at radius 2 is 1.75 bits per heavy atom. The summed E-state index contributed by atoms with van der Waals surface area (Å²) < 4.78 is 45.2. The number of aromatic nitrogens is 1. The first kappa shape index (κ1) is 16.4. The van der Waals surface area contributed by atoms with Crippen LogP contribution in [-0.2, 0) is 10.0 Å². The summed E-state index contributed by atoms with van der Waals surface area (Å²) in [5.41, 5.74) is 1.07. The van der Waals surface area contributed by atoms with Gasteiger partial charge < -0.3 is 4.74 Å². The molecule has 24 heavy (non-hydrogen) atoms. The molecular weight excluding hydrogens is 351 g/mol. The van der Waals surface area contributed by atoms with E-state index in [1.54, 1.807) is 36.4 Å². The van der Waals surface area contributed by atoms with Crippen LogP contribution in [0, 0.1) is 5.82 Å². The summed E-state index contributed by atoms with van der Waals surface area (Å²) in [5.74, 6) is 0.273. The largest absolute Gasteiger partial charge is 0.497 e. The van der Waals surface area contributed by atoms with E-state index in [9.17, 15) is 12.8 Å². The van der Waals surface area contributed by atoms with Gasteiger partial charge in [0.25, 0.3) is 10.0 Å². The van der Waals surface area contributed by atoms with Gasteiger partial charge in [-0.05, 0) is 48.5 Å². The number of ether oxygens (including phenoxy) is 1. The monoisotopic (exact) mass is 364 g/mol. The van der Waals surface area contributed by atoms with E-state index < -0.39 is 10.0 Å². The fourth-order valence-corrected chi connectivity index (χ4v) is 4.13. The Morgan fingerprint density at radius 1 is 1.08 bits per heavy atom. The summed E-state index contributed by atoms with van der Waals surface area (Å²) >= 11 is 1.18. The normalized spacial score (nSPS) is 11.2. The van der Waals surface area contributed by atoms with Crippen LogP contribution in [0.25, 0.3) is 10.6 Å². The smallest absolute Gasteiger partial charge is 0.280 e. The second kappa shape index (κ2) is 6.58. The summed E-state index contributed by atoms with van der Waals surface area (Å²) in [6.07, 6.45) is 0. The van der Waals surface area contributed by atoms with Gasteiger partial charge in [-0.25, -0.2) is 9.37 Å². The van der Waals surface area contributed by atoms with Gasteiger partial charge in [0, 0.05) is 16.6 Å². The Labute approximate surface area is 142 Å². The molecule has 2 aromatic carbocycles. The van der Waals surface area contributed by atoms with Crippen molar-refractivity contribution in [3.63, 3.8) is 0 Å². The molecule has 5 nitrogen and oxygen atoms in total. The number of nitrogens with zero attached hydrogens (tertiary/aromatic N) is 1. The molecule has 1 N–H and O–H groups in total. The number of hydrogen-bond donors (Lipinski definition) is 1. The average molecular weight is 364 g/mol. The highest BCUT2D eigenvalue weighted by molar-refractivity contribution is 7.92. The molecule has 0 saturated heterocycles. The maximum Gasteiger partial charge on any atom is 0.280 e. The van der Waals surface area contributed by atoms with E-state index in [1.165, 1.54) is 36.0 Å². The molecule has 0 aliphatic carbocycles. The van der Waals surface area contributed by atoms with Gasteiger partial charge in [0.1, 0.15) is 16.6 Å². The Hall–Kier alpha value is -2.45. The van der Waals surface area contributed by atoms with Gasteiger partial charge in [-0.2, -0.15) is 8.42 Å². The van der Waals surface area contributed by atoms with Crippen molar-refractivity contribution in [2.24, 2.45) is 0 Å². The zero-order valence-corrected chi connectivity index (χ0v) is 14.2. The average Bonchev–Trinajstić information content (AvgIpc) is 3.07. The first-order chi connectivity index (χ1) is 11.5. The Balaban J connectivity index is 1.83. The Morgan fingerprint density at radius 3 is 2.38 bits per heavy atom. The number of nitrogens with one attached hydrogen (secondary N) is 1. The molecule has 8 heteroatoms. The minimum atomic E-state index is -3.79. The van der Waals surface area contributed by atoms with Crippen molar-refractivity contribution in [1.82, 2.24) is 4.98 Å². The number of anilines is 1. The predicted molar refractivity (Wildman–Crippen MR) is 91.3 cm³/mol. The molecule has 124 valence electrons. The minimum Gasteiger partial charge on any atom is -0.497 e.